The first-order chi connectivity index (χ1) is 16.2. The number of aliphatic hydroxyl groups excluding tert-OH is 1. The van der Waals surface area contributed by atoms with Crippen LogP contribution in [0.25, 0.3) is 22.0 Å². The largest absolute Gasteiger partial charge is 0.491 e. The Kier molecular flexibility index (Phi) is 6.75. The second-order valence-electron chi connectivity index (χ2n) is 9.06. The summed E-state index contributed by atoms with van der Waals surface area (Å²) < 4.78 is 20.9. The second-order valence-corrected chi connectivity index (χ2v) is 9.49. The number of Topliss-reactive ketones (excluding diaryl/α,β-unsaturated/α-hetero) is 1. The van der Waals surface area contributed by atoms with Gasteiger partial charge in [0.2, 0.25) is 0 Å². The standard InChI is InChI=1S/C27H26ClFN2O3/c1-31(2,3)20-6-4-5-17(11-20)22-13-19(29)14-27(34-10-9-32)23(22)15-26(33)24-16-30-25-12-18(28)7-8-21(24)25/h4-8,11-14,16,32H,9-10,15H2,1-3H3/p+1. The predicted molar refractivity (Wildman–Crippen MR) is 135 cm³/mol. The molecule has 0 spiro atoms. The third-order valence-electron chi connectivity index (χ3n) is 5.74. The maximum atomic E-state index is 14.7. The van der Waals surface area contributed by atoms with Crippen LogP contribution in [0.3, 0.4) is 0 Å². The van der Waals surface area contributed by atoms with E-state index in [1.807, 2.05) is 45.4 Å². The first-order valence-corrected chi connectivity index (χ1v) is 11.3. The number of aliphatic hydroxyl groups is 1. The summed E-state index contributed by atoms with van der Waals surface area (Å²) >= 11 is 6.08. The summed E-state index contributed by atoms with van der Waals surface area (Å²) in [6, 6.07) is 15.8. The first-order valence-electron chi connectivity index (χ1n) is 11.0. The SMILES string of the molecule is C[N+](C)(C)c1cccc(-c2cc(F)cc(OCCO)c2CC(=O)c2c[nH]c3cc(Cl)ccc23)c1. The fraction of sp³-hybridized carbons (Fsp3) is 0.222. The zero-order valence-electron chi connectivity index (χ0n) is 19.4. The number of quaternary nitrogens is 1. The number of nitrogens with zero attached hydrogens (tertiary/aromatic N) is 1. The van der Waals surface area contributed by atoms with Crippen LogP contribution in [-0.2, 0) is 6.42 Å². The average Bonchev–Trinajstić information content (AvgIpc) is 3.21. The highest BCUT2D eigenvalue weighted by Crippen LogP contribution is 2.36. The lowest BCUT2D eigenvalue weighted by Crippen LogP contribution is -2.34. The molecule has 7 heteroatoms. The zero-order chi connectivity index (χ0) is 24.5. The molecule has 0 fully saturated rings. The summed E-state index contributed by atoms with van der Waals surface area (Å²) in [5.41, 5.74) is 4.26. The van der Waals surface area contributed by atoms with Gasteiger partial charge < -0.3 is 14.8 Å². The van der Waals surface area contributed by atoms with Gasteiger partial charge in [0.25, 0.3) is 0 Å². The Hall–Kier alpha value is -3.19. The van der Waals surface area contributed by atoms with Gasteiger partial charge in [-0.1, -0.05) is 29.8 Å². The van der Waals surface area contributed by atoms with Crippen molar-refractivity contribution in [1.29, 1.82) is 0 Å². The summed E-state index contributed by atoms with van der Waals surface area (Å²) in [6.45, 7) is -0.228. The number of nitrogens with one attached hydrogen (secondary N) is 1. The van der Waals surface area contributed by atoms with E-state index >= 15 is 0 Å². The number of rotatable bonds is 8. The van der Waals surface area contributed by atoms with E-state index in [2.05, 4.69) is 4.98 Å². The monoisotopic (exact) mass is 481 g/mol. The Morgan fingerprint density at radius 1 is 1.12 bits per heavy atom. The Balaban J connectivity index is 1.82. The highest BCUT2D eigenvalue weighted by atomic mass is 35.5. The van der Waals surface area contributed by atoms with Crippen LogP contribution in [0.2, 0.25) is 5.02 Å². The third-order valence-corrected chi connectivity index (χ3v) is 5.97. The normalized spacial score (nSPS) is 11.7. The lowest BCUT2D eigenvalue weighted by atomic mass is 9.93. The number of fused-ring (bicyclic) bond motifs is 1. The number of aromatic amines is 1. The van der Waals surface area contributed by atoms with E-state index < -0.39 is 5.82 Å². The summed E-state index contributed by atoms with van der Waals surface area (Å²) in [5.74, 6) is -0.370. The van der Waals surface area contributed by atoms with Crippen molar-refractivity contribution in [2.24, 2.45) is 0 Å². The van der Waals surface area contributed by atoms with E-state index in [1.54, 1.807) is 24.4 Å². The number of hydrogen-bond donors (Lipinski definition) is 2. The van der Waals surface area contributed by atoms with Crippen LogP contribution in [0.5, 0.6) is 5.75 Å². The van der Waals surface area contributed by atoms with Crippen molar-refractivity contribution in [3.8, 4) is 16.9 Å². The molecule has 5 nitrogen and oxygen atoms in total. The molecule has 34 heavy (non-hydrogen) atoms. The number of hydrogen-bond acceptors (Lipinski definition) is 3. The van der Waals surface area contributed by atoms with Crippen molar-refractivity contribution < 1.29 is 19.0 Å². The Labute approximate surface area is 202 Å². The molecule has 0 bridgehead atoms. The molecular formula is C27H27ClFN2O3+. The number of ketones is 1. The van der Waals surface area contributed by atoms with Gasteiger partial charge in [-0.15, -0.1) is 0 Å². The van der Waals surface area contributed by atoms with E-state index in [4.69, 9.17) is 16.3 Å². The van der Waals surface area contributed by atoms with Crippen LogP contribution in [0.4, 0.5) is 10.1 Å². The molecule has 176 valence electrons. The van der Waals surface area contributed by atoms with Gasteiger partial charge in [-0.2, -0.15) is 0 Å². The van der Waals surface area contributed by atoms with E-state index in [0.29, 0.717) is 26.2 Å². The first kappa shape index (κ1) is 24.0. The van der Waals surface area contributed by atoms with Gasteiger partial charge in [-0.05, 0) is 35.4 Å². The molecule has 0 saturated heterocycles. The highest BCUT2D eigenvalue weighted by molar-refractivity contribution is 6.31. The average molecular weight is 482 g/mol. The molecule has 0 aliphatic heterocycles. The highest BCUT2D eigenvalue weighted by Gasteiger charge is 2.22. The number of H-pyrrole nitrogens is 1. The lowest BCUT2D eigenvalue weighted by Gasteiger charge is -2.24. The fourth-order valence-corrected chi connectivity index (χ4v) is 4.18. The minimum absolute atomic E-state index is 0.000553. The van der Waals surface area contributed by atoms with Gasteiger partial charge in [0.05, 0.1) is 27.7 Å². The second kappa shape index (κ2) is 9.58. The molecule has 0 radical (unpaired) electrons. The van der Waals surface area contributed by atoms with Crippen molar-refractivity contribution in [1.82, 2.24) is 9.47 Å². The maximum Gasteiger partial charge on any atom is 0.169 e. The van der Waals surface area contributed by atoms with Gasteiger partial charge in [0.1, 0.15) is 23.9 Å². The smallest absolute Gasteiger partial charge is 0.169 e. The van der Waals surface area contributed by atoms with Crippen LogP contribution in [-0.4, -0.2) is 50.2 Å². The van der Waals surface area contributed by atoms with Crippen molar-refractivity contribution >= 4 is 34.0 Å². The molecule has 0 aliphatic rings. The molecule has 0 unspecified atom stereocenters. The van der Waals surface area contributed by atoms with Crippen LogP contribution in [0.15, 0.2) is 60.8 Å². The summed E-state index contributed by atoms with van der Waals surface area (Å²) in [7, 11) is 6.15. The van der Waals surface area contributed by atoms with Crippen LogP contribution >= 0.6 is 11.6 Å². The summed E-state index contributed by atoms with van der Waals surface area (Å²) in [6.07, 6.45) is 1.67. The van der Waals surface area contributed by atoms with E-state index in [9.17, 15) is 14.3 Å². The number of carbonyl (C=O) groups is 1. The topological polar surface area (TPSA) is 62.3 Å². The van der Waals surface area contributed by atoms with Crippen molar-refractivity contribution in [2.75, 3.05) is 34.4 Å². The van der Waals surface area contributed by atoms with E-state index in [-0.39, 0.29) is 31.2 Å². The quantitative estimate of drug-likeness (QED) is 0.253. The minimum atomic E-state index is -0.475. The Morgan fingerprint density at radius 2 is 1.91 bits per heavy atom. The molecular weight excluding hydrogens is 455 g/mol. The lowest BCUT2D eigenvalue weighted by molar-refractivity contribution is 0.0993. The van der Waals surface area contributed by atoms with Crippen molar-refractivity contribution in [2.45, 2.75) is 6.42 Å². The molecule has 1 aromatic heterocycles. The summed E-state index contributed by atoms with van der Waals surface area (Å²) in [4.78, 5) is 16.5. The fourth-order valence-electron chi connectivity index (χ4n) is 4.01. The van der Waals surface area contributed by atoms with E-state index in [0.717, 1.165) is 22.2 Å². The van der Waals surface area contributed by atoms with Crippen LogP contribution in [0.1, 0.15) is 15.9 Å². The number of carbonyl (C=O) groups excluding carboxylic acids is 1. The third kappa shape index (κ3) is 4.99. The number of aromatic nitrogens is 1. The molecule has 2 N–H and O–H groups in total. The Morgan fingerprint density at radius 3 is 2.65 bits per heavy atom. The minimum Gasteiger partial charge on any atom is -0.491 e. The zero-order valence-corrected chi connectivity index (χ0v) is 20.1. The molecule has 0 aliphatic carbocycles. The van der Waals surface area contributed by atoms with Crippen LogP contribution in [0, 0.1) is 5.82 Å². The molecule has 3 aromatic carbocycles. The number of benzene rings is 3. The maximum absolute atomic E-state index is 14.7. The molecule has 0 atom stereocenters. The molecule has 1 heterocycles. The van der Waals surface area contributed by atoms with Gasteiger partial charge in [-0.3, -0.25) is 9.28 Å². The van der Waals surface area contributed by atoms with Crippen molar-refractivity contribution in [3.05, 3.63) is 82.8 Å². The van der Waals surface area contributed by atoms with Gasteiger partial charge in [0, 0.05) is 51.8 Å². The van der Waals surface area contributed by atoms with Crippen LogP contribution < -0.4 is 9.22 Å². The molecule has 4 rings (SSSR count). The number of halogens is 2. The van der Waals surface area contributed by atoms with E-state index in [1.165, 1.54) is 12.1 Å². The molecule has 0 saturated carbocycles. The van der Waals surface area contributed by atoms with Gasteiger partial charge in [-0.25, -0.2) is 4.39 Å². The molecule has 4 aromatic rings. The summed E-state index contributed by atoms with van der Waals surface area (Å²) in [5, 5.41) is 10.6. The van der Waals surface area contributed by atoms with Gasteiger partial charge >= 0.3 is 0 Å². The van der Waals surface area contributed by atoms with Gasteiger partial charge in [0.15, 0.2) is 5.78 Å². The Bertz CT molecular complexity index is 1360. The molecule has 0 amide bonds. The predicted octanol–water partition coefficient (Wildman–Crippen LogP) is 5.62. The number of ether oxygens (including phenoxy) is 1. The van der Waals surface area contributed by atoms with Crippen molar-refractivity contribution in [3.63, 3.8) is 0 Å².